The fraction of sp³-hybridized carbons (Fsp3) is 0.846. The monoisotopic (exact) mass is 257 g/mol. The molecule has 1 fully saturated rings. The van der Waals surface area contributed by atoms with E-state index in [2.05, 4.69) is 5.48 Å². The van der Waals surface area contributed by atoms with Gasteiger partial charge < -0.3 is 5.11 Å². The third-order valence-electron chi connectivity index (χ3n) is 3.35. The van der Waals surface area contributed by atoms with Crippen LogP contribution in [0.15, 0.2) is 0 Å². The van der Waals surface area contributed by atoms with Gasteiger partial charge in [0.1, 0.15) is 0 Å². The van der Waals surface area contributed by atoms with Crippen LogP contribution < -0.4 is 5.48 Å². The molecule has 0 aromatic carbocycles. The van der Waals surface area contributed by atoms with Gasteiger partial charge in [-0.3, -0.25) is 14.4 Å². The van der Waals surface area contributed by atoms with Gasteiger partial charge in [-0.25, -0.2) is 5.48 Å². The minimum atomic E-state index is -0.887. The van der Waals surface area contributed by atoms with Gasteiger partial charge in [-0.1, -0.05) is 13.3 Å². The number of hydrogen-bond acceptors (Lipinski definition) is 3. The van der Waals surface area contributed by atoms with Crippen LogP contribution in [0.2, 0.25) is 0 Å². The smallest absolute Gasteiger partial charge is 0.307 e. The normalized spacial score (nSPS) is 28.1. The molecule has 1 aliphatic rings. The van der Waals surface area contributed by atoms with Crippen molar-refractivity contribution in [3.8, 4) is 0 Å². The first-order chi connectivity index (χ1) is 8.24. The standard InChI is InChI=1S/C13H23NO4/c1-5-8-6-9(10(7-8)12(16)17)11(15)14-18-13(2,3)4/h8-10H,5-7H2,1-4H3,(H,14,15)(H,16,17). The lowest BCUT2D eigenvalue weighted by Crippen LogP contribution is -2.39. The molecule has 1 saturated carbocycles. The van der Waals surface area contributed by atoms with Crippen molar-refractivity contribution < 1.29 is 19.5 Å². The maximum Gasteiger partial charge on any atom is 0.307 e. The molecule has 0 aromatic rings. The third kappa shape index (κ3) is 3.98. The number of hydrogen-bond donors (Lipinski definition) is 2. The van der Waals surface area contributed by atoms with Crippen molar-refractivity contribution in [1.29, 1.82) is 0 Å². The molecule has 0 aliphatic heterocycles. The quantitative estimate of drug-likeness (QED) is 0.755. The fourth-order valence-corrected chi connectivity index (χ4v) is 2.32. The van der Waals surface area contributed by atoms with E-state index in [1.807, 2.05) is 27.7 Å². The maximum absolute atomic E-state index is 12.0. The maximum atomic E-state index is 12.0. The van der Waals surface area contributed by atoms with Crippen molar-refractivity contribution in [3.63, 3.8) is 0 Å². The topological polar surface area (TPSA) is 75.6 Å². The Labute approximate surface area is 108 Å². The average molecular weight is 257 g/mol. The summed E-state index contributed by atoms with van der Waals surface area (Å²) in [5.74, 6) is -1.94. The van der Waals surface area contributed by atoms with Gasteiger partial charge in [0.05, 0.1) is 17.4 Å². The van der Waals surface area contributed by atoms with Gasteiger partial charge >= 0.3 is 5.97 Å². The van der Waals surface area contributed by atoms with E-state index in [0.717, 1.165) is 6.42 Å². The first-order valence-electron chi connectivity index (χ1n) is 6.45. The van der Waals surface area contributed by atoms with Crippen LogP contribution in [0.4, 0.5) is 0 Å². The number of hydroxylamine groups is 1. The van der Waals surface area contributed by atoms with Gasteiger partial charge in [0.2, 0.25) is 5.91 Å². The summed E-state index contributed by atoms with van der Waals surface area (Å²) >= 11 is 0. The second kappa shape index (κ2) is 5.69. The number of carbonyl (C=O) groups excluding carboxylic acids is 1. The van der Waals surface area contributed by atoms with Crippen LogP contribution in [-0.4, -0.2) is 22.6 Å². The van der Waals surface area contributed by atoms with Crippen LogP contribution in [0.3, 0.4) is 0 Å². The number of carboxylic acid groups (broad SMARTS) is 1. The van der Waals surface area contributed by atoms with Crippen LogP contribution in [-0.2, 0) is 14.4 Å². The Morgan fingerprint density at radius 1 is 1.28 bits per heavy atom. The highest BCUT2D eigenvalue weighted by Gasteiger charge is 2.42. The molecule has 1 rings (SSSR count). The Morgan fingerprint density at radius 3 is 2.28 bits per heavy atom. The van der Waals surface area contributed by atoms with E-state index in [-0.39, 0.29) is 5.91 Å². The number of carbonyl (C=O) groups is 2. The molecule has 0 radical (unpaired) electrons. The molecule has 0 saturated heterocycles. The van der Waals surface area contributed by atoms with E-state index in [1.165, 1.54) is 0 Å². The summed E-state index contributed by atoms with van der Waals surface area (Å²) in [6, 6.07) is 0. The molecule has 0 heterocycles. The van der Waals surface area contributed by atoms with Gasteiger partial charge in [-0.15, -0.1) is 0 Å². The van der Waals surface area contributed by atoms with Crippen molar-refractivity contribution in [1.82, 2.24) is 5.48 Å². The molecule has 1 aliphatic carbocycles. The lowest BCUT2D eigenvalue weighted by atomic mass is 9.96. The molecule has 0 spiro atoms. The minimum Gasteiger partial charge on any atom is -0.481 e. The summed E-state index contributed by atoms with van der Waals surface area (Å²) in [5, 5.41) is 9.15. The highest BCUT2D eigenvalue weighted by atomic mass is 16.7. The van der Waals surface area contributed by atoms with Gasteiger partial charge in [-0.2, -0.15) is 0 Å². The van der Waals surface area contributed by atoms with Crippen molar-refractivity contribution in [2.45, 2.75) is 52.6 Å². The first kappa shape index (κ1) is 15.0. The van der Waals surface area contributed by atoms with E-state index in [0.29, 0.717) is 18.8 Å². The van der Waals surface area contributed by atoms with Crippen molar-refractivity contribution in [2.75, 3.05) is 0 Å². The van der Waals surface area contributed by atoms with Crippen molar-refractivity contribution in [3.05, 3.63) is 0 Å². The van der Waals surface area contributed by atoms with Crippen LogP contribution in [0.5, 0.6) is 0 Å². The van der Waals surface area contributed by atoms with E-state index in [4.69, 9.17) is 9.94 Å². The molecule has 3 atom stereocenters. The van der Waals surface area contributed by atoms with Gasteiger partial charge in [0.15, 0.2) is 0 Å². The number of carboxylic acids is 1. The molecular formula is C13H23NO4. The highest BCUT2D eigenvalue weighted by Crippen LogP contribution is 2.38. The Bertz CT molecular complexity index is 321. The van der Waals surface area contributed by atoms with Gasteiger partial charge in [0.25, 0.3) is 0 Å². The summed E-state index contributed by atoms with van der Waals surface area (Å²) in [7, 11) is 0. The minimum absolute atomic E-state index is 0.312. The van der Waals surface area contributed by atoms with Crippen LogP contribution >= 0.6 is 0 Å². The highest BCUT2D eigenvalue weighted by molar-refractivity contribution is 5.84. The third-order valence-corrected chi connectivity index (χ3v) is 3.35. The summed E-state index contributed by atoms with van der Waals surface area (Å²) in [6.07, 6.45) is 2.12. The Kier molecular flexibility index (Phi) is 4.73. The van der Waals surface area contributed by atoms with Crippen LogP contribution in [0.25, 0.3) is 0 Å². The Balaban J connectivity index is 2.62. The number of aliphatic carboxylic acids is 1. The summed E-state index contributed by atoms with van der Waals surface area (Å²) in [6.45, 7) is 7.50. The van der Waals surface area contributed by atoms with E-state index < -0.39 is 23.4 Å². The van der Waals surface area contributed by atoms with Crippen molar-refractivity contribution >= 4 is 11.9 Å². The largest absolute Gasteiger partial charge is 0.481 e. The van der Waals surface area contributed by atoms with Gasteiger partial charge in [-0.05, 0) is 39.5 Å². The summed E-state index contributed by atoms with van der Waals surface area (Å²) in [5.41, 5.74) is 1.92. The zero-order valence-electron chi connectivity index (χ0n) is 11.5. The summed E-state index contributed by atoms with van der Waals surface area (Å²) in [4.78, 5) is 28.3. The van der Waals surface area contributed by atoms with E-state index >= 15 is 0 Å². The summed E-state index contributed by atoms with van der Waals surface area (Å²) < 4.78 is 0. The molecule has 0 aromatic heterocycles. The van der Waals surface area contributed by atoms with Crippen LogP contribution in [0.1, 0.15) is 47.0 Å². The number of rotatable bonds is 4. The zero-order valence-corrected chi connectivity index (χ0v) is 11.5. The lowest BCUT2D eigenvalue weighted by Gasteiger charge is -2.22. The number of amides is 1. The molecule has 5 heteroatoms. The lowest BCUT2D eigenvalue weighted by molar-refractivity contribution is -0.156. The fourth-order valence-electron chi connectivity index (χ4n) is 2.32. The Morgan fingerprint density at radius 2 is 1.83 bits per heavy atom. The zero-order chi connectivity index (χ0) is 13.9. The molecule has 1 amide bonds. The van der Waals surface area contributed by atoms with E-state index in [9.17, 15) is 9.59 Å². The Hall–Kier alpha value is -1.10. The molecule has 3 unspecified atom stereocenters. The molecule has 104 valence electrons. The van der Waals surface area contributed by atoms with Gasteiger partial charge in [0, 0.05) is 0 Å². The number of nitrogens with one attached hydrogen (secondary N) is 1. The molecule has 0 bridgehead atoms. The first-order valence-corrected chi connectivity index (χ1v) is 6.45. The molecule has 5 nitrogen and oxygen atoms in total. The van der Waals surface area contributed by atoms with Crippen LogP contribution in [0, 0.1) is 17.8 Å². The van der Waals surface area contributed by atoms with Crippen molar-refractivity contribution in [2.24, 2.45) is 17.8 Å². The SMILES string of the molecule is CCC1CC(C(=O)O)C(C(=O)NOC(C)(C)C)C1. The molecular weight excluding hydrogens is 234 g/mol. The second-order valence-electron chi connectivity index (χ2n) is 5.98. The predicted octanol–water partition coefficient (Wildman–Crippen LogP) is 1.97. The molecule has 18 heavy (non-hydrogen) atoms. The molecule has 2 N–H and O–H groups in total. The van der Waals surface area contributed by atoms with E-state index in [1.54, 1.807) is 0 Å². The average Bonchev–Trinajstić information content (AvgIpc) is 2.69. The predicted molar refractivity (Wildman–Crippen MR) is 66.6 cm³/mol. The second-order valence-corrected chi connectivity index (χ2v) is 5.98.